The van der Waals surface area contributed by atoms with Crippen LogP contribution in [0.4, 0.5) is 0 Å². The van der Waals surface area contributed by atoms with Crippen LogP contribution in [0.3, 0.4) is 0 Å². The zero-order chi connectivity index (χ0) is 12.1. The zero-order valence-electron chi connectivity index (χ0n) is 9.90. The molecule has 1 atom stereocenters. The number of carbonyl (C=O) groups is 1. The van der Waals surface area contributed by atoms with Gasteiger partial charge in [-0.25, -0.2) is 0 Å². The molecule has 0 saturated carbocycles. The molecule has 1 aromatic heterocycles. The topological polar surface area (TPSA) is 33.2 Å². The fourth-order valence-electron chi connectivity index (χ4n) is 1.43. The van der Waals surface area contributed by atoms with Gasteiger partial charge in [-0.3, -0.25) is 9.78 Å². The minimum atomic E-state index is 0.0223. The molecule has 0 aromatic carbocycles. The molecular weight excluding hydrogens is 268 g/mol. The number of aromatic nitrogens is 1. The zero-order valence-corrected chi connectivity index (χ0v) is 11.5. The molecule has 0 spiro atoms. The lowest BCUT2D eigenvalue weighted by Gasteiger charge is -2.20. The molecule has 0 N–H and O–H groups in total. The first kappa shape index (κ1) is 13.2. The van der Waals surface area contributed by atoms with Gasteiger partial charge in [-0.2, -0.15) is 0 Å². The molecule has 0 saturated heterocycles. The minimum absolute atomic E-state index is 0.0223. The first-order valence-electron chi connectivity index (χ1n) is 5.40. The molecule has 0 aliphatic carbocycles. The van der Waals surface area contributed by atoms with Crippen LogP contribution in [-0.2, 0) is 0 Å². The van der Waals surface area contributed by atoms with E-state index >= 15 is 0 Å². The van der Waals surface area contributed by atoms with Crippen molar-refractivity contribution in [2.24, 2.45) is 5.92 Å². The van der Waals surface area contributed by atoms with Gasteiger partial charge in [-0.05, 0) is 27.9 Å². The summed E-state index contributed by atoms with van der Waals surface area (Å²) >= 11 is 3.31. The second kappa shape index (κ2) is 5.99. The average molecular weight is 285 g/mol. The highest BCUT2D eigenvalue weighted by Gasteiger charge is 2.14. The first-order chi connectivity index (χ1) is 7.54. The van der Waals surface area contributed by atoms with E-state index < -0.39 is 0 Å². The molecule has 1 rings (SSSR count). The number of hydrogen-bond donors (Lipinski definition) is 0. The predicted octanol–water partition coefficient (Wildman–Crippen LogP) is 2.96. The second-order valence-corrected chi connectivity index (χ2v) is 5.01. The summed E-state index contributed by atoms with van der Waals surface area (Å²) in [5.74, 6) is 0.545. The van der Waals surface area contributed by atoms with Crippen LogP contribution in [0.5, 0.6) is 0 Å². The molecule has 0 radical (unpaired) electrons. The number of carbonyl (C=O) groups excluding carboxylic acids is 1. The van der Waals surface area contributed by atoms with Crippen LogP contribution in [0.1, 0.15) is 30.6 Å². The lowest BCUT2D eigenvalue weighted by molar-refractivity contribution is 0.0774. The standard InChI is InChI=1S/C12H17BrN2O/c1-4-9(2)8-15(3)12(16)10-5-11(13)7-14-6-10/h5-7,9H,4,8H2,1-3H3. The van der Waals surface area contributed by atoms with Gasteiger partial charge in [0.25, 0.3) is 5.91 Å². The van der Waals surface area contributed by atoms with Crippen molar-refractivity contribution in [3.05, 3.63) is 28.5 Å². The highest BCUT2D eigenvalue weighted by atomic mass is 79.9. The first-order valence-corrected chi connectivity index (χ1v) is 6.20. The van der Waals surface area contributed by atoms with Gasteiger partial charge >= 0.3 is 0 Å². The van der Waals surface area contributed by atoms with E-state index in [2.05, 4.69) is 34.8 Å². The molecule has 0 aliphatic heterocycles. The van der Waals surface area contributed by atoms with Crippen molar-refractivity contribution in [1.29, 1.82) is 0 Å². The Labute approximate surface area is 105 Å². The molecule has 88 valence electrons. The molecule has 4 heteroatoms. The van der Waals surface area contributed by atoms with Crippen molar-refractivity contribution < 1.29 is 4.79 Å². The van der Waals surface area contributed by atoms with Gasteiger partial charge in [0, 0.05) is 30.5 Å². The molecule has 0 bridgehead atoms. The Morgan fingerprint density at radius 2 is 2.25 bits per heavy atom. The molecular formula is C12H17BrN2O. The maximum absolute atomic E-state index is 12.0. The van der Waals surface area contributed by atoms with E-state index in [1.165, 1.54) is 0 Å². The number of rotatable bonds is 4. The summed E-state index contributed by atoms with van der Waals surface area (Å²) in [7, 11) is 1.83. The summed E-state index contributed by atoms with van der Waals surface area (Å²) in [5, 5.41) is 0. The van der Waals surface area contributed by atoms with E-state index in [0.717, 1.165) is 17.4 Å². The van der Waals surface area contributed by atoms with Crippen LogP contribution in [0.25, 0.3) is 0 Å². The third-order valence-electron chi connectivity index (χ3n) is 2.58. The minimum Gasteiger partial charge on any atom is -0.341 e. The molecule has 3 nitrogen and oxygen atoms in total. The van der Waals surface area contributed by atoms with Crippen molar-refractivity contribution in [1.82, 2.24) is 9.88 Å². The van der Waals surface area contributed by atoms with Crippen molar-refractivity contribution >= 4 is 21.8 Å². The summed E-state index contributed by atoms with van der Waals surface area (Å²) in [6, 6.07) is 1.79. The Morgan fingerprint density at radius 3 is 2.81 bits per heavy atom. The number of amides is 1. The highest BCUT2D eigenvalue weighted by molar-refractivity contribution is 9.10. The summed E-state index contributed by atoms with van der Waals surface area (Å²) < 4.78 is 0.829. The van der Waals surface area contributed by atoms with Crippen LogP contribution in [0, 0.1) is 5.92 Å². The third kappa shape index (κ3) is 3.59. The fourth-order valence-corrected chi connectivity index (χ4v) is 1.79. The van der Waals surface area contributed by atoms with Crippen LogP contribution < -0.4 is 0 Å². The highest BCUT2D eigenvalue weighted by Crippen LogP contribution is 2.12. The maximum Gasteiger partial charge on any atom is 0.255 e. The normalized spacial score (nSPS) is 12.2. The van der Waals surface area contributed by atoms with Gasteiger partial charge in [0.15, 0.2) is 0 Å². The van der Waals surface area contributed by atoms with Gasteiger partial charge in [-0.1, -0.05) is 20.3 Å². The van der Waals surface area contributed by atoms with E-state index in [9.17, 15) is 4.79 Å². The maximum atomic E-state index is 12.0. The summed E-state index contributed by atoms with van der Waals surface area (Å²) in [6.07, 6.45) is 4.35. The number of halogens is 1. The largest absolute Gasteiger partial charge is 0.341 e. The quantitative estimate of drug-likeness (QED) is 0.852. The van der Waals surface area contributed by atoms with Crippen molar-refractivity contribution in [3.63, 3.8) is 0 Å². The Morgan fingerprint density at radius 1 is 1.56 bits per heavy atom. The van der Waals surface area contributed by atoms with E-state index in [0.29, 0.717) is 11.5 Å². The number of hydrogen-bond acceptors (Lipinski definition) is 2. The van der Waals surface area contributed by atoms with Crippen molar-refractivity contribution in [2.45, 2.75) is 20.3 Å². The van der Waals surface area contributed by atoms with Crippen LogP contribution in [0.2, 0.25) is 0 Å². The van der Waals surface area contributed by atoms with Crippen molar-refractivity contribution in [2.75, 3.05) is 13.6 Å². The Balaban J connectivity index is 2.70. The van der Waals surface area contributed by atoms with E-state index in [4.69, 9.17) is 0 Å². The van der Waals surface area contributed by atoms with Gasteiger partial charge in [0.2, 0.25) is 0 Å². The Bertz CT molecular complexity index is 368. The molecule has 1 amide bonds. The number of nitrogens with zero attached hydrogens (tertiary/aromatic N) is 2. The number of pyridine rings is 1. The van der Waals surface area contributed by atoms with Crippen LogP contribution in [0.15, 0.2) is 22.9 Å². The lowest BCUT2D eigenvalue weighted by Crippen LogP contribution is -2.30. The average Bonchev–Trinajstić information content (AvgIpc) is 2.27. The summed E-state index contributed by atoms with van der Waals surface area (Å²) in [4.78, 5) is 17.8. The Kier molecular flexibility index (Phi) is 4.93. The molecule has 16 heavy (non-hydrogen) atoms. The third-order valence-corrected chi connectivity index (χ3v) is 3.01. The fraction of sp³-hybridized carbons (Fsp3) is 0.500. The SMILES string of the molecule is CCC(C)CN(C)C(=O)c1cncc(Br)c1. The van der Waals surface area contributed by atoms with E-state index in [1.807, 2.05) is 7.05 Å². The monoisotopic (exact) mass is 284 g/mol. The van der Waals surface area contributed by atoms with Gasteiger partial charge in [-0.15, -0.1) is 0 Å². The van der Waals surface area contributed by atoms with Gasteiger partial charge < -0.3 is 4.90 Å². The second-order valence-electron chi connectivity index (χ2n) is 4.09. The Hall–Kier alpha value is -0.900. The van der Waals surface area contributed by atoms with Gasteiger partial charge in [0.05, 0.1) is 5.56 Å². The van der Waals surface area contributed by atoms with Crippen LogP contribution in [-0.4, -0.2) is 29.4 Å². The molecule has 1 aromatic rings. The van der Waals surface area contributed by atoms with Crippen molar-refractivity contribution in [3.8, 4) is 0 Å². The van der Waals surface area contributed by atoms with E-state index in [1.54, 1.807) is 23.4 Å². The van der Waals surface area contributed by atoms with E-state index in [-0.39, 0.29) is 5.91 Å². The predicted molar refractivity (Wildman–Crippen MR) is 68.4 cm³/mol. The summed E-state index contributed by atoms with van der Waals surface area (Å²) in [6.45, 7) is 5.05. The molecule has 1 unspecified atom stereocenters. The van der Waals surface area contributed by atoms with Crippen LogP contribution >= 0.6 is 15.9 Å². The molecule has 0 aliphatic rings. The summed E-state index contributed by atoms with van der Waals surface area (Å²) in [5.41, 5.74) is 0.625. The lowest BCUT2D eigenvalue weighted by atomic mass is 10.1. The smallest absolute Gasteiger partial charge is 0.255 e. The van der Waals surface area contributed by atoms with Gasteiger partial charge in [0.1, 0.15) is 0 Å². The molecule has 1 heterocycles. The molecule has 0 fully saturated rings.